The van der Waals surface area contributed by atoms with E-state index in [1.165, 1.54) is 7.11 Å². The number of carbonyl (C=O) groups is 1. The Morgan fingerprint density at radius 3 is 2.43 bits per heavy atom. The molecule has 0 aromatic heterocycles. The molecule has 0 fully saturated rings. The summed E-state index contributed by atoms with van der Waals surface area (Å²) < 4.78 is 4.58. The Kier molecular flexibility index (Phi) is 6.49. The Morgan fingerprint density at radius 1 is 1.50 bits per heavy atom. The Bertz CT molecular complexity index is 171. The fourth-order valence-electron chi connectivity index (χ4n) is 1.09. The summed E-state index contributed by atoms with van der Waals surface area (Å²) in [7, 11) is 1.37. The summed E-state index contributed by atoms with van der Waals surface area (Å²) >= 11 is 0. The quantitative estimate of drug-likeness (QED) is 0.644. The zero-order valence-corrected chi connectivity index (χ0v) is 9.49. The molecule has 0 spiro atoms. The van der Waals surface area contributed by atoms with Crippen LogP contribution in [0.15, 0.2) is 0 Å². The van der Waals surface area contributed by atoms with E-state index < -0.39 is 0 Å². The lowest BCUT2D eigenvalue weighted by molar-refractivity contribution is -0.142. The number of nitrogens with zero attached hydrogens (tertiary/aromatic N) is 1. The molecule has 0 saturated carbocycles. The smallest absolute Gasteiger partial charge is 0.319 e. The van der Waals surface area contributed by atoms with Crippen molar-refractivity contribution in [2.75, 3.05) is 20.2 Å². The lowest BCUT2D eigenvalue weighted by Crippen LogP contribution is -2.41. The molecule has 0 radical (unpaired) electrons. The van der Waals surface area contributed by atoms with Gasteiger partial charge in [0.1, 0.15) is 0 Å². The van der Waals surface area contributed by atoms with Crippen LogP contribution in [0, 0.1) is 0 Å². The van der Waals surface area contributed by atoms with Crippen LogP contribution in [0.25, 0.3) is 0 Å². The molecule has 0 rings (SSSR count). The summed E-state index contributed by atoms with van der Waals surface area (Å²) in [4.78, 5) is 13.0. The number of aliphatic hydroxyl groups excluding tert-OH is 1. The van der Waals surface area contributed by atoms with E-state index in [1.807, 2.05) is 25.7 Å². The topological polar surface area (TPSA) is 49.8 Å². The molecule has 0 amide bonds. The molecule has 0 aliphatic carbocycles. The second-order valence-corrected chi connectivity index (χ2v) is 3.66. The van der Waals surface area contributed by atoms with E-state index in [0.29, 0.717) is 13.0 Å². The minimum absolute atomic E-state index is 0.232. The van der Waals surface area contributed by atoms with Gasteiger partial charge in [-0.1, -0.05) is 6.92 Å². The molecule has 0 aromatic rings. The third-order valence-corrected chi connectivity index (χ3v) is 2.21. The van der Waals surface area contributed by atoms with Gasteiger partial charge < -0.3 is 9.84 Å². The number of methoxy groups -OCH3 is 1. The second kappa shape index (κ2) is 6.79. The van der Waals surface area contributed by atoms with Gasteiger partial charge >= 0.3 is 5.97 Å². The van der Waals surface area contributed by atoms with Crippen LogP contribution in [-0.4, -0.2) is 48.3 Å². The van der Waals surface area contributed by atoms with Gasteiger partial charge in [0.15, 0.2) is 0 Å². The molecule has 4 nitrogen and oxygen atoms in total. The predicted octanol–water partition coefficient (Wildman–Crippen LogP) is 0.641. The lowest BCUT2D eigenvalue weighted by Gasteiger charge is -2.27. The minimum atomic E-state index is -0.373. The van der Waals surface area contributed by atoms with Gasteiger partial charge in [-0.2, -0.15) is 0 Å². The van der Waals surface area contributed by atoms with Crippen molar-refractivity contribution in [2.24, 2.45) is 0 Å². The highest BCUT2D eigenvalue weighted by Gasteiger charge is 2.16. The number of esters is 1. The first-order valence-corrected chi connectivity index (χ1v) is 5.00. The maximum atomic E-state index is 11.1. The number of hydrogen-bond donors (Lipinski definition) is 1. The lowest BCUT2D eigenvalue weighted by atomic mass is 10.2. The number of carbonyl (C=O) groups excluding carboxylic acids is 1. The average Bonchev–Trinajstić information content (AvgIpc) is 2.16. The zero-order chi connectivity index (χ0) is 11.1. The number of rotatable bonds is 6. The standard InChI is InChI=1S/C10H21NO3/c1-5-9(12)6-11(8(2)3)7-10(13)14-4/h8-9,12H,5-7H2,1-4H3. The third kappa shape index (κ3) is 5.19. The number of aliphatic hydroxyl groups is 1. The van der Waals surface area contributed by atoms with Gasteiger partial charge in [0.2, 0.25) is 0 Å². The minimum Gasteiger partial charge on any atom is -0.468 e. The van der Waals surface area contributed by atoms with E-state index in [4.69, 9.17) is 0 Å². The van der Waals surface area contributed by atoms with Gasteiger partial charge in [-0.05, 0) is 20.3 Å². The number of ether oxygens (including phenoxy) is 1. The molecule has 84 valence electrons. The van der Waals surface area contributed by atoms with Crippen LogP contribution >= 0.6 is 0 Å². The summed E-state index contributed by atoms with van der Waals surface area (Å²) in [5, 5.41) is 9.47. The van der Waals surface area contributed by atoms with Crippen molar-refractivity contribution >= 4 is 5.97 Å². The van der Waals surface area contributed by atoms with Crippen molar-refractivity contribution in [1.29, 1.82) is 0 Å². The maximum absolute atomic E-state index is 11.1. The van der Waals surface area contributed by atoms with Gasteiger partial charge in [0.25, 0.3) is 0 Å². The van der Waals surface area contributed by atoms with Crippen molar-refractivity contribution in [3.05, 3.63) is 0 Å². The molecule has 0 aliphatic heterocycles. The van der Waals surface area contributed by atoms with Gasteiger partial charge in [-0.3, -0.25) is 9.69 Å². The van der Waals surface area contributed by atoms with Crippen LogP contribution in [0.2, 0.25) is 0 Å². The Labute approximate surface area is 85.9 Å². The van der Waals surface area contributed by atoms with E-state index in [-0.39, 0.29) is 24.7 Å². The molecule has 4 heteroatoms. The fourth-order valence-corrected chi connectivity index (χ4v) is 1.09. The summed E-state index contributed by atoms with van der Waals surface area (Å²) in [6.45, 7) is 6.66. The van der Waals surface area contributed by atoms with E-state index in [2.05, 4.69) is 4.74 Å². The predicted molar refractivity (Wildman–Crippen MR) is 55.0 cm³/mol. The van der Waals surface area contributed by atoms with E-state index in [1.54, 1.807) is 0 Å². The Hall–Kier alpha value is -0.610. The van der Waals surface area contributed by atoms with E-state index in [0.717, 1.165) is 0 Å². The van der Waals surface area contributed by atoms with Gasteiger partial charge in [0, 0.05) is 12.6 Å². The molecule has 1 unspecified atom stereocenters. The largest absolute Gasteiger partial charge is 0.468 e. The van der Waals surface area contributed by atoms with E-state index in [9.17, 15) is 9.90 Å². The molecule has 0 bridgehead atoms. The molecule has 0 heterocycles. The normalized spacial score (nSPS) is 13.4. The highest BCUT2D eigenvalue weighted by molar-refractivity contribution is 5.71. The van der Waals surface area contributed by atoms with Crippen molar-refractivity contribution in [2.45, 2.75) is 39.3 Å². The average molecular weight is 203 g/mol. The molecule has 14 heavy (non-hydrogen) atoms. The molecule has 0 aromatic carbocycles. The van der Waals surface area contributed by atoms with E-state index >= 15 is 0 Å². The molecule has 1 N–H and O–H groups in total. The summed E-state index contributed by atoms with van der Waals surface area (Å²) in [6, 6.07) is 0.232. The molecular formula is C10H21NO3. The first-order chi connectivity index (χ1) is 6.51. The molecule has 0 aliphatic rings. The number of hydrogen-bond acceptors (Lipinski definition) is 4. The highest BCUT2D eigenvalue weighted by Crippen LogP contribution is 2.02. The maximum Gasteiger partial charge on any atom is 0.319 e. The molecule has 0 saturated heterocycles. The summed E-state index contributed by atoms with van der Waals surface area (Å²) in [5.41, 5.74) is 0. The van der Waals surface area contributed by atoms with Crippen LogP contribution in [0.3, 0.4) is 0 Å². The van der Waals surface area contributed by atoms with Crippen LogP contribution in [0.5, 0.6) is 0 Å². The van der Waals surface area contributed by atoms with Crippen molar-refractivity contribution in [3.8, 4) is 0 Å². The third-order valence-electron chi connectivity index (χ3n) is 2.21. The van der Waals surface area contributed by atoms with Crippen LogP contribution < -0.4 is 0 Å². The SMILES string of the molecule is CCC(O)CN(CC(=O)OC)C(C)C. The van der Waals surface area contributed by atoms with Crippen LogP contribution in [0.1, 0.15) is 27.2 Å². The zero-order valence-electron chi connectivity index (χ0n) is 9.49. The molecule has 1 atom stereocenters. The van der Waals surface area contributed by atoms with Crippen LogP contribution in [-0.2, 0) is 9.53 Å². The summed E-state index contributed by atoms with van der Waals surface area (Å²) in [6.07, 6.45) is 0.326. The Balaban J connectivity index is 4.09. The first kappa shape index (κ1) is 13.4. The highest BCUT2D eigenvalue weighted by atomic mass is 16.5. The van der Waals surface area contributed by atoms with Gasteiger partial charge in [0.05, 0.1) is 19.8 Å². The first-order valence-electron chi connectivity index (χ1n) is 5.00. The van der Waals surface area contributed by atoms with Gasteiger partial charge in [-0.15, -0.1) is 0 Å². The monoisotopic (exact) mass is 203 g/mol. The Morgan fingerprint density at radius 2 is 2.07 bits per heavy atom. The van der Waals surface area contributed by atoms with Crippen molar-refractivity contribution < 1.29 is 14.6 Å². The van der Waals surface area contributed by atoms with Crippen molar-refractivity contribution in [3.63, 3.8) is 0 Å². The fraction of sp³-hybridized carbons (Fsp3) is 0.900. The second-order valence-electron chi connectivity index (χ2n) is 3.66. The summed E-state index contributed by atoms with van der Waals surface area (Å²) in [5.74, 6) is -0.262. The van der Waals surface area contributed by atoms with Gasteiger partial charge in [-0.25, -0.2) is 0 Å². The molecular weight excluding hydrogens is 182 g/mol. The van der Waals surface area contributed by atoms with Crippen LogP contribution in [0.4, 0.5) is 0 Å². The van der Waals surface area contributed by atoms with Crippen molar-refractivity contribution in [1.82, 2.24) is 4.90 Å².